The van der Waals surface area contributed by atoms with E-state index in [1.54, 1.807) is 12.4 Å². The maximum atomic E-state index is 12.4. The van der Waals surface area contributed by atoms with Gasteiger partial charge in [-0.25, -0.2) is 9.97 Å². The van der Waals surface area contributed by atoms with Gasteiger partial charge in [0.25, 0.3) is 0 Å². The van der Waals surface area contributed by atoms with Crippen LogP contribution in [0.5, 0.6) is 0 Å². The van der Waals surface area contributed by atoms with Crippen molar-refractivity contribution in [1.29, 1.82) is 0 Å². The number of H-pyrrole nitrogens is 2. The van der Waals surface area contributed by atoms with Crippen LogP contribution in [0.15, 0.2) is 60.9 Å². The highest BCUT2D eigenvalue weighted by Gasteiger charge is 2.21. The van der Waals surface area contributed by atoms with Gasteiger partial charge < -0.3 is 30.1 Å². The lowest BCUT2D eigenvalue weighted by Gasteiger charge is -2.15. The summed E-state index contributed by atoms with van der Waals surface area (Å²) >= 11 is 0. The van der Waals surface area contributed by atoms with Crippen LogP contribution in [0.4, 0.5) is 0 Å². The summed E-state index contributed by atoms with van der Waals surface area (Å²) in [5.41, 5.74) is 5.87. The lowest BCUT2D eigenvalue weighted by atomic mass is 10.0. The molecule has 0 saturated carbocycles. The first-order valence-corrected chi connectivity index (χ1v) is 16.2. The summed E-state index contributed by atoms with van der Waals surface area (Å²) in [7, 11) is 0. The smallest absolute Gasteiger partial charge is 0.223 e. The summed E-state index contributed by atoms with van der Waals surface area (Å²) in [6.07, 6.45) is 3.12. The van der Waals surface area contributed by atoms with Crippen molar-refractivity contribution >= 4 is 11.8 Å². The summed E-state index contributed by atoms with van der Waals surface area (Å²) in [5, 5.41) is 5.91. The third-order valence-electron chi connectivity index (χ3n) is 7.42. The van der Waals surface area contributed by atoms with Crippen LogP contribution in [0.1, 0.15) is 78.2 Å². The molecule has 10 nitrogen and oxygen atoms in total. The maximum Gasteiger partial charge on any atom is 0.223 e. The Labute approximate surface area is 272 Å². The molecule has 0 saturated heterocycles. The molecule has 0 aliphatic carbocycles. The molecule has 0 aliphatic rings. The molecule has 4 N–H and O–H groups in total. The zero-order chi connectivity index (χ0) is 33.1. The minimum Gasteiger partial charge on any atom is -0.370 e. The number of nitrogens with zero attached hydrogens (tertiary/aromatic N) is 2. The summed E-state index contributed by atoms with van der Waals surface area (Å²) in [4.78, 5) is 40.6. The molecule has 0 spiro atoms. The second-order valence-corrected chi connectivity index (χ2v) is 12.2. The molecule has 2 unspecified atom stereocenters. The van der Waals surface area contributed by atoms with Crippen LogP contribution in [0.25, 0.3) is 33.6 Å². The standard InChI is InChI=1S/C36H48N6O4/c1-7-45-31(17-33(43)37-19-23(3)4)35-39-21-29(41-35)27-13-9-25(10-14-27)26-11-15-28(16-12-26)30-22-40-36(42-30)32(46-8-2)18-34(44)38-20-24(5)6/h9-16,21-24,31-32H,7-8,17-20H2,1-6H3,(H,37,43)(H,38,44)(H,39,41)(H,40,42). The average molecular weight is 629 g/mol. The predicted molar refractivity (Wildman–Crippen MR) is 181 cm³/mol. The second-order valence-electron chi connectivity index (χ2n) is 12.2. The van der Waals surface area contributed by atoms with Crippen LogP contribution >= 0.6 is 0 Å². The molecular weight excluding hydrogens is 580 g/mol. The SMILES string of the molecule is CCOC(CC(=O)NCC(C)C)c1ncc(-c2ccc(-c3ccc(-c4cnc(C(CC(=O)NCC(C)C)OCC)[nH]4)cc3)cc2)[nH]1. The Kier molecular flexibility index (Phi) is 12.7. The molecule has 2 heterocycles. The molecule has 10 heteroatoms. The Morgan fingerprint density at radius 3 is 1.30 bits per heavy atom. The molecule has 2 aromatic carbocycles. The Morgan fingerprint density at radius 1 is 0.630 bits per heavy atom. The lowest BCUT2D eigenvalue weighted by molar-refractivity contribution is -0.125. The molecule has 0 radical (unpaired) electrons. The Morgan fingerprint density at radius 2 is 0.978 bits per heavy atom. The highest BCUT2D eigenvalue weighted by Crippen LogP contribution is 2.29. The second kappa shape index (κ2) is 16.9. The van der Waals surface area contributed by atoms with Crippen LogP contribution in [0.3, 0.4) is 0 Å². The quantitative estimate of drug-likeness (QED) is 0.104. The Hall–Kier alpha value is -4.28. The summed E-state index contributed by atoms with van der Waals surface area (Å²) in [5.74, 6) is 1.94. The van der Waals surface area contributed by atoms with Gasteiger partial charge in [0.15, 0.2) is 0 Å². The van der Waals surface area contributed by atoms with Crippen LogP contribution in [0, 0.1) is 11.8 Å². The fourth-order valence-corrected chi connectivity index (χ4v) is 4.97. The number of hydrogen-bond acceptors (Lipinski definition) is 6. The van der Waals surface area contributed by atoms with Gasteiger partial charge in [0.2, 0.25) is 11.8 Å². The van der Waals surface area contributed by atoms with E-state index in [0.717, 1.165) is 33.6 Å². The number of carbonyl (C=O) groups is 2. The lowest BCUT2D eigenvalue weighted by Crippen LogP contribution is -2.29. The number of rotatable bonds is 17. The summed E-state index contributed by atoms with van der Waals surface area (Å²) in [6.45, 7) is 14.3. The minimum absolute atomic E-state index is 0.0512. The first-order chi connectivity index (χ1) is 22.2. The van der Waals surface area contributed by atoms with Crippen LogP contribution in [-0.4, -0.2) is 58.1 Å². The molecule has 46 heavy (non-hydrogen) atoms. The van der Waals surface area contributed by atoms with E-state index >= 15 is 0 Å². The van der Waals surface area contributed by atoms with Gasteiger partial charge in [-0.2, -0.15) is 0 Å². The summed E-state index contributed by atoms with van der Waals surface area (Å²) < 4.78 is 11.7. The van der Waals surface area contributed by atoms with E-state index in [1.807, 2.05) is 13.8 Å². The van der Waals surface area contributed by atoms with Crippen molar-refractivity contribution in [2.75, 3.05) is 26.3 Å². The van der Waals surface area contributed by atoms with E-state index in [1.165, 1.54) is 0 Å². The number of ether oxygens (including phenoxy) is 2. The van der Waals surface area contributed by atoms with Crippen molar-refractivity contribution in [3.05, 3.63) is 72.6 Å². The molecule has 0 bridgehead atoms. The Balaban J connectivity index is 1.40. The first kappa shape index (κ1) is 34.6. The zero-order valence-electron chi connectivity index (χ0n) is 27.9. The monoisotopic (exact) mass is 628 g/mol. The molecule has 0 aliphatic heterocycles. The number of aromatic nitrogens is 4. The van der Waals surface area contributed by atoms with E-state index in [9.17, 15) is 9.59 Å². The van der Waals surface area contributed by atoms with E-state index in [4.69, 9.17) is 9.47 Å². The van der Waals surface area contributed by atoms with Crippen molar-refractivity contribution in [2.24, 2.45) is 11.8 Å². The number of imidazole rings is 2. The maximum absolute atomic E-state index is 12.4. The largest absolute Gasteiger partial charge is 0.370 e. The molecule has 246 valence electrons. The van der Waals surface area contributed by atoms with Gasteiger partial charge in [-0.1, -0.05) is 76.2 Å². The van der Waals surface area contributed by atoms with Crippen LogP contribution < -0.4 is 10.6 Å². The molecule has 2 amide bonds. The van der Waals surface area contributed by atoms with Crippen LogP contribution in [-0.2, 0) is 19.1 Å². The van der Waals surface area contributed by atoms with Crippen molar-refractivity contribution in [3.63, 3.8) is 0 Å². The highest BCUT2D eigenvalue weighted by molar-refractivity contribution is 5.77. The Bertz CT molecular complexity index is 1410. The fourth-order valence-electron chi connectivity index (χ4n) is 4.97. The predicted octanol–water partition coefficient (Wildman–Crippen LogP) is 6.61. The van der Waals surface area contributed by atoms with E-state index in [-0.39, 0.29) is 24.7 Å². The number of aromatic amines is 2. The normalized spacial score (nSPS) is 12.8. The van der Waals surface area contributed by atoms with Gasteiger partial charge in [0.1, 0.15) is 23.9 Å². The molecule has 4 rings (SSSR count). The number of amides is 2. The van der Waals surface area contributed by atoms with Crippen LogP contribution in [0.2, 0.25) is 0 Å². The number of carbonyl (C=O) groups excluding carboxylic acids is 2. The van der Waals surface area contributed by atoms with Crippen molar-refractivity contribution in [1.82, 2.24) is 30.6 Å². The molecular formula is C36H48N6O4. The van der Waals surface area contributed by atoms with E-state index in [0.29, 0.717) is 49.8 Å². The number of nitrogens with one attached hydrogen (secondary N) is 4. The molecule has 2 atom stereocenters. The van der Waals surface area contributed by atoms with E-state index in [2.05, 4.69) is 107 Å². The average Bonchev–Trinajstić information content (AvgIpc) is 3.74. The molecule has 2 aromatic heterocycles. The third kappa shape index (κ3) is 9.86. The van der Waals surface area contributed by atoms with Gasteiger partial charge in [0.05, 0.1) is 36.6 Å². The van der Waals surface area contributed by atoms with Gasteiger partial charge in [0, 0.05) is 26.3 Å². The van der Waals surface area contributed by atoms with Gasteiger partial charge in [-0.15, -0.1) is 0 Å². The van der Waals surface area contributed by atoms with Crippen molar-refractivity contribution in [3.8, 4) is 33.6 Å². The molecule has 0 fully saturated rings. The summed E-state index contributed by atoms with van der Waals surface area (Å²) in [6, 6.07) is 16.5. The highest BCUT2D eigenvalue weighted by atomic mass is 16.5. The minimum atomic E-state index is -0.436. The van der Waals surface area contributed by atoms with Gasteiger partial charge in [-0.05, 0) is 47.9 Å². The van der Waals surface area contributed by atoms with E-state index < -0.39 is 12.2 Å². The third-order valence-corrected chi connectivity index (χ3v) is 7.42. The van der Waals surface area contributed by atoms with Gasteiger partial charge >= 0.3 is 0 Å². The zero-order valence-corrected chi connectivity index (χ0v) is 27.9. The molecule has 4 aromatic rings. The fraction of sp³-hybridized carbons (Fsp3) is 0.444. The van der Waals surface area contributed by atoms with Crippen molar-refractivity contribution in [2.45, 2.75) is 66.6 Å². The van der Waals surface area contributed by atoms with Gasteiger partial charge in [-0.3, -0.25) is 9.59 Å². The number of benzene rings is 2. The topological polar surface area (TPSA) is 134 Å². The van der Waals surface area contributed by atoms with Crippen molar-refractivity contribution < 1.29 is 19.1 Å². The number of hydrogen-bond donors (Lipinski definition) is 4. The first-order valence-electron chi connectivity index (χ1n) is 16.2.